The van der Waals surface area contributed by atoms with Gasteiger partial charge in [-0.25, -0.2) is 0 Å². The molecule has 0 aromatic heterocycles. The van der Waals surface area contributed by atoms with Gasteiger partial charge in [-0.05, 0) is 12.8 Å². The van der Waals surface area contributed by atoms with Gasteiger partial charge in [0.05, 0.1) is 5.70 Å². The van der Waals surface area contributed by atoms with Gasteiger partial charge in [-0.15, -0.1) is 6.58 Å². The summed E-state index contributed by atoms with van der Waals surface area (Å²) in [6.45, 7) is 5.53. The van der Waals surface area contributed by atoms with Crippen LogP contribution in [0.2, 0.25) is 0 Å². The lowest BCUT2D eigenvalue weighted by molar-refractivity contribution is -0.0999. The van der Waals surface area contributed by atoms with E-state index in [0.717, 1.165) is 13.1 Å². The first-order valence-electron chi connectivity index (χ1n) is 6.85. The summed E-state index contributed by atoms with van der Waals surface area (Å²) < 4.78 is 5.72. The van der Waals surface area contributed by atoms with Gasteiger partial charge >= 0.3 is 0 Å². The van der Waals surface area contributed by atoms with E-state index in [0.29, 0.717) is 5.70 Å². The molecule has 2 saturated heterocycles. The van der Waals surface area contributed by atoms with Crippen LogP contribution in [0.25, 0.3) is 0 Å². The van der Waals surface area contributed by atoms with E-state index in [1.165, 1.54) is 18.9 Å². The molecule has 5 atom stereocenters. The zero-order chi connectivity index (χ0) is 14.3. The lowest BCUT2D eigenvalue weighted by atomic mass is 10.0. The summed E-state index contributed by atoms with van der Waals surface area (Å²) in [5.41, 5.74) is 0.182. The number of aliphatic hydroxyl groups is 3. The van der Waals surface area contributed by atoms with Crippen molar-refractivity contribution in [1.29, 1.82) is 0 Å². The summed E-state index contributed by atoms with van der Waals surface area (Å²) in [5.74, 6) is -0.138. The van der Waals surface area contributed by atoms with Crippen molar-refractivity contribution >= 4 is 11.8 Å². The highest BCUT2D eigenvalue weighted by Gasteiger charge is 2.46. The number of aliphatic hydroxyl groups excluding tert-OH is 3. The third kappa shape index (κ3) is 2.33. The van der Waals surface area contributed by atoms with Gasteiger partial charge in [0.25, 0.3) is 0 Å². The molecule has 7 heteroatoms. The molecule has 3 aliphatic rings. The van der Waals surface area contributed by atoms with Crippen molar-refractivity contribution in [2.24, 2.45) is 0 Å². The number of ether oxygens (including phenoxy) is 1. The van der Waals surface area contributed by atoms with Crippen LogP contribution in [-0.2, 0) is 4.74 Å². The van der Waals surface area contributed by atoms with Gasteiger partial charge in [0.15, 0.2) is 0 Å². The maximum atomic E-state index is 10.1. The minimum atomic E-state index is -1.24. The summed E-state index contributed by atoms with van der Waals surface area (Å²) >= 11 is 1.55. The SMILES string of the molecule is C=C[C@H](O)[C@H]1O[C@@H]2SC(N3CCCC3)NC2=C(O)[C@H]1O. The van der Waals surface area contributed by atoms with E-state index in [2.05, 4.69) is 16.8 Å². The lowest BCUT2D eigenvalue weighted by Gasteiger charge is -2.33. The number of nitrogens with one attached hydrogen (secondary N) is 1. The van der Waals surface area contributed by atoms with Crippen LogP contribution in [0, 0.1) is 0 Å². The number of rotatable bonds is 3. The highest BCUT2D eigenvalue weighted by atomic mass is 32.2. The zero-order valence-corrected chi connectivity index (χ0v) is 11.9. The second kappa shape index (κ2) is 5.57. The Bertz CT molecular complexity index is 425. The van der Waals surface area contributed by atoms with Crippen LogP contribution in [0.5, 0.6) is 0 Å². The predicted molar refractivity (Wildman–Crippen MR) is 75.8 cm³/mol. The van der Waals surface area contributed by atoms with Crippen LogP contribution in [0.3, 0.4) is 0 Å². The Balaban J connectivity index is 1.77. The summed E-state index contributed by atoms with van der Waals surface area (Å²) in [7, 11) is 0. The molecule has 0 aromatic carbocycles. The number of likely N-dealkylation sites (tertiary alicyclic amines) is 1. The molecule has 0 aliphatic carbocycles. The first-order valence-corrected chi connectivity index (χ1v) is 7.79. The van der Waals surface area contributed by atoms with Gasteiger partial charge in [0.2, 0.25) is 0 Å². The molecule has 0 saturated carbocycles. The third-order valence-corrected chi connectivity index (χ3v) is 5.23. The average Bonchev–Trinajstić information content (AvgIpc) is 3.10. The van der Waals surface area contributed by atoms with Gasteiger partial charge in [-0.3, -0.25) is 4.90 Å². The molecule has 0 aromatic rings. The molecule has 0 radical (unpaired) electrons. The molecule has 3 aliphatic heterocycles. The fourth-order valence-electron chi connectivity index (χ4n) is 2.80. The molecule has 4 N–H and O–H groups in total. The molecule has 1 unspecified atom stereocenters. The van der Waals surface area contributed by atoms with Gasteiger partial charge in [-0.2, -0.15) is 0 Å². The molecule has 6 nitrogen and oxygen atoms in total. The second-order valence-corrected chi connectivity index (χ2v) is 6.43. The van der Waals surface area contributed by atoms with E-state index in [4.69, 9.17) is 4.74 Å². The average molecular weight is 300 g/mol. The number of hydrogen-bond donors (Lipinski definition) is 4. The Morgan fingerprint density at radius 3 is 2.80 bits per heavy atom. The summed E-state index contributed by atoms with van der Waals surface area (Å²) in [6, 6.07) is 0. The molecular weight excluding hydrogens is 280 g/mol. The van der Waals surface area contributed by atoms with Crippen LogP contribution in [0.15, 0.2) is 24.1 Å². The zero-order valence-electron chi connectivity index (χ0n) is 11.1. The largest absolute Gasteiger partial charge is 0.507 e. The molecule has 0 bridgehead atoms. The first kappa shape index (κ1) is 14.2. The summed E-state index contributed by atoms with van der Waals surface area (Å²) in [4.78, 5) is 2.29. The molecule has 3 rings (SSSR count). The van der Waals surface area contributed by atoms with E-state index in [9.17, 15) is 15.3 Å². The molecule has 3 heterocycles. The van der Waals surface area contributed by atoms with Crippen molar-refractivity contribution in [2.45, 2.75) is 42.1 Å². The molecule has 0 spiro atoms. The van der Waals surface area contributed by atoms with Crippen LogP contribution in [0.4, 0.5) is 0 Å². The van der Waals surface area contributed by atoms with E-state index in [-0.39, 0.29) is 16.7 Å². The Labute approximate surface area is 122 Å². The lowest BCUT2D eigenvalue weighted by Crippen LogP contribution is -2.47. The van der Waals surface area contributed by atoms with E-state index in [1.54, 1.807) is 11.8 Å². The molecule has 0 amide bonds. The summed E-state index contributed by atoms with van der Waals surface area (Å²) in [6.07, 6.45) is 0.524. The third-order valence-electron chi connectivity index (χ3n) is 3.97. The van der Waals surface area contributed by atoms with Crippen molar-refractivity contribution in [3.05, 3.63) is 24.1 Å². The number of fused-ring (bicyclic) bond motifs is 1. The minimum absolute atomic E-state index is 0.0477. The second-order valence-electron chi connectivity index (χ2n) is 5.28. The smallest absolute Gasteiger partial charge is 0.150 e. The van der Waals surface area contributed by atoms with E-state index < -0.39 is 18.3 Å². The van der Waals surface area contributed by atoms with Crippen LogP contribution in [-0.4, -0.2) is 62.6 Å². The molecule has 112 valence electrons. The number of thioether (sulfide) groups is 1. The highest BCUT2D eigenvalue weighted by Crippen LogP contribution is 2.40. The first-order chi connectivity index (χ1) is 9.61. The highest BCUT2D eigenvalue weighted by molar-refractivity contribution is 8.00. The predicted octanol–water partition coefficient (Wildman–Crippen LogP) is 0.104. The van der Waals surface area contributed by atoms with Gasteiger partial charge in [-0.1, -0.05) is 17.8 Å². The Kier molecular flexibility index (Phi) is 3.96. The standard InChI is InChI=1S/C13H20N2O4S/c1-2-7(16)11-10(18)9(17)8-12(19-11)20-13(14-8)15-5-3-4-6-15/h2,7,10-14,16-18H,1,3-6H2/t7-,10+,11+,12+,13?/m0/s1. The fraction of sp³-hybridized carbons (Fsp3) is 0.692. The normalized spacial score (nSPS) is 39.5. The molecular formula is C13H20N2O4S. The minimum Gasteiger partial charge on any atom is -0.507 e. The van der Waals surface area contributed by atoms with Crippen molar-refractivity contribution in [3.8, 4) is 0 Å². The van der Waals surface area contributed by atoms with E-state index >= 15 is 0 Å². The number of hydrogen-bond acceptors (Lipinski definition) is 7. The molecule has 2 fully saturated rings. The van der Waals surface area contributed by atoms with Crippen molar-refractivity contribution < 1.29 is 20.1 Å². The maximum absolute atomic E-state index is 10.1. The monoisotopic (exact) mass is 300 g/mol. The van der Waals surface area contributed by atoms with Crippen LogP contribution in [0.1, 0.15) is 12.8 Å². The topological polar surface area (TPSA) is 85.2 Å². The van der Waals surface area contributed by atoms with Crippen LogP contribution < -0.4 is 5.32 Å². The van der Waals surface area contributed by atoms with Crippen molar-refractivity contribution in [2.75, 3.05) is 13.1 Å². The van der Waals surface area contributed by atoms with E-state index in [1.807, 2.05) is 0 Å². The Hall–Kier alpha value is -0.730. The Morgan fingerprint density at radius 1 is 1.45 bits per heavy atom. The quantitative estimate of drug-likeness (QED) is 0.550. The fourth-order valence-corrected chi connectivity index (χ4v) is 4.13. The Morgan fingerprint density at radius 2 is 2.15 bits per heavy atom. The van der Waals surface area contributed by atoms with Crippen molar-refractivity contribution in [1.82, 2.24) is 10.2 Å². The van der Waals surface area contributed by atoms with Gasteiger partial charge in [0, 0.05) is 13.1 Å². The van der Waals surface area contributed by atoms with Crippen molar-refractivity contribution in [3.63, 3.8) is 0 Å². The maximum Gasteiger partial charge on any atom is 0.150 e. The summed E-state index contributed by atoms with van der Waals surface area (Å²) in [5, 5.41) is 33.2. The molecule has 20 heavy (non-hydrogen) atoms. The van der Waals surface area contributed by atoms with Gasteiger partial charge in [0.1, 0.15) is 35.0 Å². The van der Waals surface area contributed by atoms with Gasteiger partial charge < -0.3 is 25.4 Å². The van der Waals surface area contributed by atoms with Crippen LogP contribution >= 0.6 is 11.8 Å². The number of nitrogens with zero attached hydrogens (tertiary/aromatic N) is 1.